The lowest BCUT2D eigenvalue weighted by molar-refractivity contribution is -0.115. The Balaban J connectivity index is 2.28. The smallest absolute Gasteiger partial charge is 0.407 e. The van der Waals surface area contributed by atoms with Crippen LogP contribution in [0.25, 0.3) is 0 Å². The van der Waals surface area contributed by atoms with Crippen molar-refractivity contribution in [3.05, 3.63) is 42.0 Å². The van der Waals surface area contributed by atoms with Crippen LogP contribution in [0.1, 0.15) is 45.1 Å². The van der Waals surface area contributed by atoms with Crippen molar-refractivity contribution in [3.63, 3.8) is 0 Å². The fourth-order valence-electron chi connectivity index (χ4n) is 3.61. The molecule has 0 spiro atoms. The zero-order valence-corrected chi connectivity index (χ0v) is 19.8. The highest BCUT2D eigenvalue weighted by atomic mass is 32.2. The van der Waals surface area contributed by atoms with Gasteiger partial charge in [0, 0.05) is 13.0 Å². The number of nitrogens with one attached hydrogen (secondary N) is 1. The molecule has 1 aliphatic heterocycles. The van der Waals surface area contributed by atoms with Crippen LogP contribution in [-0.2, 0) is 26.9 Å². The molecule has 0 saturated carbocycles. The molecule has 1 heterocycles. The normalized spacial score (nSPS) is 17.4. The van der Waals surface area contributed by atoms with Crippen LogP contribution in [0, 0.1) is 0 Å². The van der Waals surface area contributed by atoms with Crippen molar-refractivity contribution in [2.24, 2.45) is 5.73 Å². The van der Waals surface area contributed by atoms with Crippen LogP contribution in [0.4, 0.5) is 4.79 Å². The number of primary amides is 1. The first-order valence-electron chi connectivity index (χ1n) is 11.1. The van der Waals surface area contributed by atoms with Gasteiger partial charge in [0.2, 0.25) is 10.8 Å². The molecule has 1 aliphatic rings. The summed E-state index contributed by atoms with van der Waals surface area (Å²) in [5, 5.41) is 2.61. The van der Waals surface area contributed by atoms with Gasteiger partial charge in [-0.1, -0.05) is 30.7 Å². The van der Waals surface area contributed by atoms with E-state index in [2.05, 4.69) is 10.2 Å². The molecule has 0 bridgehead atoms. The Labute approximate surface area is 193 Å². The Morgan fingerprint density at radius 1 is 1.28 bits per heavy atom. The standard InChI is InChI=1S/C23H35N3O5S/c1-3-5-12-23(32(29)17-21(24)27,18-25-22(28)30-4-2)31-20-11-9-10-19(15-20)16-26-13-7-6-8-14-26/h3,5,9-11,15H,4,6-8,12-14,16-18H2,1-2H3,(H2,24,27)(H,25,28). The number of allylic oxidation sites excluding steroid dienone is 1. The first-order chi connectivity index (χ1) is 15.4. The number of hydrogen-bond donors (Lipinski definition) is 2. The predicted molar refractivity (Wildman–Crippen MR) is 126 cm³/mol. The summed E-state index contributed by atoms with van der Waals surface area (Å²) in [5.74, 6) is -0.561. The van der Waals surface area contributed by atoms with Crippen molar-refractivity contribution in [2.75, 3.05) is 32.0 Å². The van der Waals surface area contributed by atoms with E-state index in [-0.39, 0.29) is 25.3 Å². The minimum absolute atomic E-state index is 0.105. The van der Waals surface area contributed by atoms with Gasteiger partial charge in [-0.15, -0.1) is 0 Å². The van der Waals surface area contributed by atoms with Gasteiger partial charge in [-0.25, -0.2) is 4.79 Å². The van der Waals surface area contributed by atoms with Gasteiger partial charge in [0.1, 0.15) is 11.5 Å². The summed E-state index contributed by atoms with van der Waals surface area (Å²) >= 11 is 0. The predicted octanol–water partition coefficient (Wildman–Crippen LogP) is 2.69. The first kappa shape index (κ1) is 25.9. The molecule has 3 N–H and O–H groups in total. The second-order valence-corrected chi connectivity index (χ2v) is 9.52. The summed E-state index contributed by atoms with van der Waals surface area (Å²) < 4.78 is 24.4. The summed E-state index contributed by atoms with van der Waals surface area (Å²) in [6, 6.07) is 7.64. The lowest BCUT2D eigenvalue weighted by atomic mass is 10.1. The Morgan fingerprint density at radius 3 is 2.69 bits per heavy atom. The van der Waals surface area contributed by atoms with Gasteiger partial charge in [-0.2, -0.15) is 0 Å². The van der Waals surface area contributed by atoms with Crippen LogP contribution in [0.15, 0.2) is 36.4 Å². The Hall–Kier alpha value is -2.39. The summed E-state index contributed by atoms with van der Waals surface area (Å²) in [4.78, 5) is 24.5. The minimum atomic E-state index is -1.81. The quantitative estimate of drug-likeness (QED) is 0.459. The van der Waals surface area contributed by atoms with Crippen LogP contribution < -0.4 is 15.8 Å². The lowest BCUT2D eigenvalue weighted by Crippen LogP contribution is -2.52. The molecule has 8 nitrogen and oxygen atoms in total. The molecule has 1 aromatic carbocycles. The monoisotopic (exact) mass is 465 g/mol. The largest absolute Gasteiger partial charge is 0.472 e. The number of likely N-dealkylation sites (tertiary alicyclic amines) is 1. The van der Waals surface area contributed by atoms with Crippen LogP contribution in [0.5, 0.6) is 5.75 Å². The fourth-order valence-corrected chi connectivity index (χ4v) is 4.84. The van der Waals surface area contributed by atoms with Crippen molar-refractivity contribution >= 4 is 22.8 Å². The molecule has 2 atom stereocenters. The fraction of sp³-hybridized carbons (Fsp3) is 0.565. The van der Waals surface area contributed by atoms with Gasteiger partial charge in [0.15, 0.2) is 0 Å². The molecule has 0 radical (unpaired) electrons. The van der Waals surface area contributed by atoms with Crippen LogP contribution in [0.3, 0.4) is 0 Å². The number of nitrogens with zero attached hydrogens (tertiary/aromatic N) is 1. The molecular formula is C23H35N3O5S. The van der Waals surface area contributed by atoms with Gasteiger partial charge >= 0.3 is 6.09 Å². The van der Waals surface area contributed by atoms with Crippen LogP contribution in [0.2, 0.25) is 0 Å². The van der Waals surface area contributed by atoms with Gasteiger partial charge in [0.05, 0.1) is 24.0 Å². The van der Waals surface area contributed by atoms with Crippen LogP contribution in [-0.4, -0.2) is 58.0 Å². The topological polar surface area (TPSA) is 111 Å². The van der Waals surface area contributed by atoms with Gasteiger partial charge in [-0.05, 0) is 57.5 Å². The van der Waals surface area contributed by atoms with Crippen molar-refractivity contribution in [3.8, 4) is 5.75 Å². The van der Waals surface area contributed by atoms with Crippen molar-refractivity contribution in [1.82, 2.24) is 10.2 Å². The zero-order chi connectivity index (χ0) is 23.4. The van der Waals surface area contributed by atoms with Crippen molar-refractivity contribution in [1.29, 1.82) is 0 Å². The lowest BCUT2D eigenvalue weighted by Gasteiger charge is -2.33. The number of carbonyl (C=O) groups excluding carboxylic acids is 2. The number of carbonyl (C=O) groups is 2. The van der Waals surface area contributed by atoms with E-state index in [1.54, 1.807) is 25.1 Å². The molecule has 0 aliphatic carbocycles. The third kappa shape index (κ3) is 8.27. The van der Waals surface area contributed by atoms with E-state index in [0.717, 1.165) is 25.2 Å². The number of alkyl carbamates (subject to hydrolysis) is 1. The maximum Gasteiger partial charge on any atom is 0.407 e. The maximum atomic E-state index is 13.2. The van der Waals surface area contributed by atoms with Crippen molar-refractivity contribution < 1.29 is 23.3 Å². The molecule has 1 fully saturated rings. The van der Waals surface area contributed by atoms with Crippen molar-refractivity contribution in [2.45, 2.75) is 51.0 Å². The Kier molecular flexibility index (Phi) is 10.7. The molecule has 2 rings (SSSR count). The van der Waals surface area contributed by atoms with Crippen LogP contribution >= 0.6 is 0 Å². The summed E-state index contributed by atoms with van der Waals surface area (Å²) in [6.07, 6.45) is 6.84. The molecule has 1 aromatic rings. The third-order valence-electron chi connectivity index (χ3n) is 5.19. The number of amides is 2. The molecule has 32 heavy (non-hydrogen) atoms. The molecule has 0 aromatic heterocycles. The number of ether oxygens (including phenoxy) is 2. The summed E-state index contributed by atoms with van der Waals surface area (Å²) in [7, 11) is -1.81. The van der Waals surface area contributed by atoms with E-state index >= 15 is 0 Å². The number of nitrogens with two attached hydrogens (primary N) is 1. The van der Waals surface area contributed by atoms with E-state index in [1.807, 2.05) is 25.1 Å². The van der Waals surface area contributed by atoms with E-state index in [0.29, 0.717) is 5.75 Å². The highest BCUT2D eigenvalue weighted by Crippen LogP contribution is 2.27. The second kappa shape index (κ2) is 13.2. The van der Waals surface area contributed by atoms with E-state index < -0.39 is 27.7 Å². The Bertz CT molecular complexity index is 811. The SMILES string of the molecule is CC=CCC(CNC(=O)OCC)(Oc1cccc(CN2CCCCC2)c1)S(=O)CC(N)=O. The number of rotatable bonds is 12. The van der Waals surface area contributed by atoms with Gasteiger partial charge < -0.3 is 20.5 Å². The molecule has 1 saturated heterocycles. The summed E-state index contributed by atoms with van der Waals surface area (Å²) in [6.45, 7) is 6.58. The zero-order valence-electron chi connectivity index (χ0n) is 19.0. The number of hydrogen-bond acceptors (Lipinski definition) is 6. The first-order valence-corrected chi connectivity index (χ1v) is 12.4. The molecular weight excluding hydrogens is 430 g/mol. The third-order valence-corrected chi connectivity index (χ3v) is 6.96. The summed E-state index contributed by atoms with van der Waals surface area (Å²) in [5.41, 5.74) is 6.41. The highest BCUT2D eigenvalue weighted by Gasteiger charge is 2.40. The maximum absolute atomic E-state index is 13.2. The highest BCUT2D eigenvalue weighted by molar-refractivity contribution is 7.87. The second-order valence-electron chi connectivity index (χ2n) is 7.80. The average molecular weight is 466 g/mol. The molecule has 178 valence electrons. The average Bonchev–Trinajstić information content (AvgIpc) is 2.76. The number of piperidine rings is 1. The molecule has 9 heteroatoms. The van der Waals surface area contributed by atoms with E-state index in [4.69, 9.17) is 15.2 Å². The number of benzene rings is 1. The molecule has 2 amide bonds. The van der Waals surface area contributed by atoms with E-state index in [1.165, 1.54) is 19.3 Å². The molecule has 2 unspecified atom stereocenters. The van der Waals surface area contributed by atoms with Gasteiger partial charge in [0.25, 0.3) is 0 Å². The van der Waals surface area contributed by atoms with E-state index in [9.17, 15) is 13.8 Å². The van der Waals surface area contributed by atoms with Gasteiger partial charge in [-0.3, -0.25) is 13.9 Å². The Morgan fingerprint density at radius 2 is 2.03 bits per heavy atom. The minimum Gasteiger partial charge on any atom is -0.472 e.